The highest BCUT2D eigenvalue weighted by Gasteiger charge is 2.46. The molecule has 0 radical (unpaired) electrons. The van der Waals surface area contributed by atoms with Gasteiger partial charge in [0.05, 0.1) is 23.3 Å². The lowest BCUT2D eigenvalue weighted by Gasteiger charge is -2.53. The third-order valence-corrected chi connectivity index (χ3v) is 8.72. The van der Waals surface area contributed by atoms with E-state index in [1.807, 2.05) is 11.8 Å². The van der Waals surface area contributed by atoms with E-state index < -0.39 is 17.2 Å². The number of hydrogen-bond acceptors (Lipinski definition) is 8. The van der Waals surface area contributed by atoms with E-state index in [9.17, 15) is 18.4 Å². The molecule has 0 bridgehead atoms. The summed E-state index contributed by atoms with van der Waals surface area (Å²) in [5.74, 6) is -0.872. The summed E-state index contributed by atoms with van der Waals surface area (Å²) < 4.78 is 34.3. The molecular formula is C31H30ClF2N7O3. The number of halogens is 3. The summed E-state index contributed by atoms with van der Waals surface area (Å²) in [5.41, 5.74) is 2.53. The quantitative estimate of drug-likeness (QED) is 0.306. The fourth-order valence-corrected chi connectivity index (χ4v) is 6.00. The summed E-state index contributed by atoms with van der Waals surface area (Å²) in [7, 11) is 0. The van der Waals surface area contributed by atoms with E-state index >= 15 is 0 Å². The van der Waals surface area contributed by atoms with Crippen molar-refractivity contribution in [1.29, 1.82) is 0 Å². The van der Waals surface area contributed by atoms with Crippen molar-refractivity contribution < 1.29 is 18.3 Å². The van der Waals surface area contributed by atoms with E-state index in [1.165, 1.54) is 4.57 Å². The number of anilines is 1. The van der Waals surface area contributed by atoms with Gasteiger partial charge in [0.2, 0.25) is 11.9 Å². The van der Waals surface area contributed by atoms with E-state index in [0.717, 1.165) is 50.8 Å². The average molecular weight is 622 g/mol. The van der Waals surface area contributed by atoms with Crippen molar-refractivity contribution >= 4 is 23.5 Å². The van der Waals surface area contributed by atoms with Gasteiger partial charge in [-0.25, -0.2) is 18.7 Å². The highest BCUT2D eigenvalue weighted by molar-refractivity contribution is 6.31. The van der Waals surface area contributed by atoms with Gasteiger partial charge in [-0.2, -0.15) is 0 Å². The number of pyridine rings is 3. The molecule has 0 aliphatic carbocycles. The molecule has 10 nitrogen and oxygen atoms in total. The number of rotatable bonds is 6. The van der Waals surface area contributed by atoms with Gasteiger partial charge in [0.1, 0.15) is 28.9 Å². The lowest BCUT2D eigenvalue weighted by Crippen LogP contribution is -2.61. The maximum absolute atomic E-state index is 14.0. The van der Waals surface area contributed by atoms with Gasteiger partial charge in [-0.3, -0.25) is 24.1 Å². The predicted octanol–water partition coefficient (Wildman–Crippen LogP) is 4.66. The number of piperidine rings is 1. The van der Waals surface area contributed by atoms with Gasteiger partial charge in [0.25, 0.3) is 5.56 Å². The van der Waals surface area contributed by atoms with Crippen LogP contribution >= 0.6 is 11.6 Å². The fraction of sp³-hybridized carbons (Fsp3) is 0.355. The second-order valence-corrected chi connectivity index (χ2v) is 11.8. The zero-order chi connectivity index (χ0) is 31.2. The predicted molar refractivity (Wildman–Crippen MR) is 160 cm³/mol. The summed E-state index contributed by atoms with van der Waals surface area (Å²) in [6.45, 7) is 8.06. The summed E-state index contributed by atoms with van der Waals surface area (Å²) in [6.07, 6.45) is 6.19. The maximum Gasteiger partial charge on any atom is 0.277 e. The van der Waals surface area contributed by atoms with E-state index in [-0.39, 0.29) is 34.4 Å². The Balaban J connectivity index is 1.23. The number of likely N-dealkylation sites (tertiary alicyclic amines) is 1. The summed E-state index contributed by atoms with van der Waals surface area (Å²) in [6, 6.07) is 5.84. The normalized spacial score (nSPS) is 15.8. The van der Waals surface area contributed by atoms with Crippen LogP contribution in [0.25, 0.3) is 17.1 Å². The third-order valence-electron chi connectivity index (χ3n) is 8.37. The van der Waals surface area contributed by atoms with Gasteiger partial charge in [-0.1, -0.05) is 11.6 Å². The molecule has 0 atom stereocenters. The second kappa shape index (κ2) is 11.6. The lowest BCUT2D eigenvalue weighted by molar-refractivity contribution is -0.142. The molecule has 0 saturated carbocycles. The van der Waals surface area contributed by atoms with Gasteiger partial charge in [-0.15, -0.1) is 0 Å². The monoisotopic (exact) mass is 621 g/mol. The SMILES string of the molecule is CC(=O)N1CC2(CCN(c3nccc(-c4cc(-n5c(C)cc(OCc6ncc(F)cc6F)c(Cl)c5=O)c(C)cn4)n3)CC2)C1. The zero-order valence-electron chi connectivity index (χ0n) is 24.5. The van der Waals surface area contributed by atoms with Crippen molar-refractivity contribution in [2.75, 3.05) is 31.1 Å². The molecule has 2 saturated heterocycles. The van der Waals surface area contributed by atoms with Crippen molar-refractivity contribution in [3.8, 4) is 22.8 Å². The minimum absolute atomic E-state index is 0.0579. The number of hydrogen-bond donors (Lipinski definition) is 0. The van der Waals surface area contributed by atoms with Crippen LogP contribution in [0.1, 0.15) is 36.7 Å². The van der Waals surface area contributed by atoms with Gasteiger partial charge in [0.15, 0.2) is 5.82 Å². The number of aryl methyl sites for hydroxylation is 2. The number of ether oxygens (including phenoxy) is 1. The van der Waals surface area contributed by atoms with Crippen LogP contribution in [0, 0.1) is 30.9 Å². The highest BCUT2D eigenvalue weighted by atomic mass is 35.5. The molecule has 6 rings (SSSR count). The highest BCUT2D eigenvalue weighted by Crippen LogP contribution is 2.41. The first-order valence-corrected chi connectivity index (χ1v) is 14.6. The molecule has 0 aromatic carbocycles. The topological polar surface area (TPSA) is 106 Å². The smallest absolute Gasteiger partial charge is 0.277 e. The Labute approximate surface area is 257 Å². The van der Waals surface area contributed by atoms with Crippen LogP contribution in [0.5, 0.6) is 5.75 Å². The second-order valence-electron chi connectivity index (χ2n) is 11.4. The van der Waals surface area contributed by atoms with Gasteiger partial charge in [-0.05, 0) is 44.4 Å². The first-order chi connectivity index (χ1) is 21.0. The molecule has 2 aliphatic heterocycles. The van der Waals surface area contributed by atoms with Crippen LogP contribution in [-0.2, 0) is 11.4 Å². The maximum atomic E-state index is 14.0. The molecule has 4 aromatic rings. The van der Waals surface area contributed by atoms with E-state index in [1.54, 1.807) is 44.4 Å². The van der Waals surface area contributed by atoms with Crippen LogP contribution < -0.4 is 15.2 Å². The molecule has 0 unspecified atom stereocenters. The Morgan fingerprint density at radius 2 is 1.80 bits per heavy atom. The number of carbonyl (C=O) groups excluding carboxylic acids is 1. The van der Waals surface area contributed by atoms with Gasteiger partial charge >= 0.3 is 0 Å². The van der Waals surface area contributed by atoms with Crippen LogP contribution in [0.3, 0.4) is 0 Å². The van der Waals surface area contributed by atoms with Crippen molar-refractivity contribution in [2.45, 2.75) is 40.2 Å². The van der Waals surface area contributed by atoms with Gasteiger partial charge in [0, 0.05) is 68.7 Å². The number of nitrogens with zero attached hydrogens (tertiary/aromatic N) is 7. The average Bonchev–Trinajstić information content (AvgIpc) is 2.98. The first kappa shape index (κ1) is 29.6. The van der Waals surface area contributed by atoms with Crippen LogP contribution in [0.2, 0.25) is 5.02 Å². The Morgan fingerprint density at radius 1 is 1.05 bits per heavy atom. The lowest BCUT2D eigenvalue weighted by atomic mass is 9.72. The molecule has 44 heavy (non-hydrogen) atoms. The molecule has 2 fully saturated rings. The van der Waals surface area contributed by atoms with Crippen LogP contribution in [0.4, 0.5) is 14.7 Å². The van der Waals surface area contributed by atoms with Crippen molar-refractivity contribution in [1.82, 2.24) is 29.4 Å². The minimum Gasteiger partial charge on any atom is -0.485 e. The molecular weight excluding hydrogens is 592 g/mol. The molecule has 0 N–H and O–H groups in total. The minimum atomic E-state index is -0.859. The first-order valence-electron chi connectivity index (χ1n) is 14.2. The molecule has 1 spiro atoms. The summed E-state index contributed by atoms with van der Waals surface area (Å²) >= 11 is 6.43. The molecule has 2 aliphatic rings. The van der Waals surface area contributed by atoms with E-state index in [2.05, 4.69) is 19.9 Å². The summed E-state index contributed by atoms with van der Waals surface area (Å²) in [5, 5.41) is -0.194. The Kier molecular flexibility index (Phi) is 7.79. The summed E-state index contributed by atoms with van der Waals surface area (Å²) in [4.78, 5) is 46.8. The Bertz CT molecular complexity index is 1820. The standard InChI is InChI=1S/C31H30ClF2N7O3/c1-18-13-36-24(23-4-7-35-30(38-23)39-8-5-31(6-9-39)16-40(17-31)20(3)42)12-26(18)41-19(2)10-27(28(32)29(41)43)44-15-25-22(34)11-21(33)14-37-25/h4,7,10-14H,5-6,8-9,15-17H2,1-3H3. The Morgan fingerprint density at radius 3 is 2.50 bits per heavy atom. The van der Waals surface area contributed by atoms with Crippen molar-refractivity contribution in [2.24, 2.45) is 5.41 Å². The van der Waals surface area contributed by atoms with Gasteiger partial charge < -0.3 is 14.5 Å². The van der Waals surface area contributed by atoms with Crippen molar-refractivity contribution in [3.05, 3.63) is 86.8 Å². The molecule has 6 heterocycles. The van der Waals surface area contributed by atoms with Crippen LogP contribution in [0.15, 0.2) is 47.7 Å². The van der Waals surface area contributed by atoms with E-state index in [0.29, 0.717) is 34.8 Å². The fourth-order valence-electron chi connectivity index (χ4n) is 5.80. The third kappa shape index (κ3) is 5.61. The molecule has 228 valence electrons. The Hall–Kier alpha value is -4.45. The van der Waals surface area contributed by atoms with Crippen molar-refractivity contribution in [3.63, 3.8) is 0 Å². The number of carbonyl (C=O) groups is 1. The molecule has 1 amide bonds. The largest absolute Gasteiger partial charge is 0.485 e. The number of aromatic nitrogens is 5. The molecule has 4 aromatic heterocycles. The zero-order valence-corrected chi connectivity index (χ0v) is 25.2. The molecule has 13 heteroatoms. The number of amides is 1. The van der Waals surface area contributed by atoms with Crippen LogP contribution in [-0.4, -0.2) is 61.5 Å². The van der Waals surface area contributed by atoms with E-state index in [4.69, 9.17) is 21.3 Å².